The van der Waals surface area contributed by atoms with Crippen LogP contribution in [0, 0.1) is 0 Å². The molecular formula is C22H17N2O5S2Se2. The Bertz CT molecular complexity index is 1280. The predicted molar refractivity (Wildman–Crippen MR) is 132 cm³/mol. The number of carbonyl (C=O) groups excluding carboxylic acids is 3. The molecule has 3 aromatic rings. The number of nitrogens with zero attached hydrogens (tertiary/aromatic N) is 1. The first-order valence-electron chi connectivity index (χ1n) is 10.0. The van der Waals surface area contributed by atoms with Gasteiger partial charge in [-0.2, -0.15) is 0 Å². The van der Waals surface area contributed by atoms with E-state index >= 15 is 0 Å². The summed E-state index contributed by atoms with van der Waals surface area (Å²) in [5, 5.41) is 2.33. The van der Waals surface area contributed by atoms with Crippen LogP contribution in [0.2, 0.25) is 0 Å². The second kappa shape index (κ2) is 9.41. The first-order valence-corrected chi connectivity index (χ1v) is 15.3. The van der Waals surface area contributed by atoms with E-state index < -0.39 is 28.6 Å². The van der Waals surface area contributed by atoms with Gasteiger partial charge in [-0.1, -0.05) is 0 Å². The van der Waals surface area contributed by atoms with E-state index in [-0.39, 0.29) is 41.4 Å². The summed E-state index contributed by atoms with van der Waals surface area (Å²) >= 11 is 2.50. The summed E-state index contributed by atoms with van der Waals surface area (Å²) in [6.07, 6.45) is 0. The molecule has 1 radical (unpaired) electrons. The quantitative estimate of drug-likeness (QED) is 0.242. The Labute approximate surface area is 209 Å². The number of anilines is 1. The number of hydrogen-bond acceptors (Lipinski definition) is 9. The molecule has 2 unspecified atom stereocenters. The zero-order chi connectivity index (χ0) is 23.0. The van der Waals surface area contributed by atoms with E-state index in [4.69, 9.17) is 9.47 Å². The Morgan fingerprint density at radius 3 is 2.79 bits per heavy atom. The van der Waals surface area contributed by atoms with Crippen LogP contribution < -0.4 is 9.78 Å². The number of thioether (sulfide) groups is 2. The van der Waals surface area contributed by atoms with Crippen LogP contribution in [0.3, 0.4) is 0 Å². The Balaban J connectivity index is 1.44. The molecule has 0 aliphatic carbocycles. The van der Waals surface area contributed by atoms with E-state index in [2.05, 4.69) is 16.4 Å². The fourth-order valence-electron chi connectivity index (χ4n) is 3.44. The maximum absolute atomic E-state index is 13.1. The van der Waals surface area contributed by atoms with Gasteiger partial charge < -0.3 is 0 Å². The molecule has 2 aromatic carbocycles. The predicted octanol–water partition coefficient (Wildman–Crippen LogP) is 1.46. The van der Waals surface area contributed by atoms with E-state index in [1.54, 1.807) is 6.92 Å². The summed E-state index contributed by atoms with van der Waals surface area (Å²) in [6, 6.07) is 15.8. The Morgan fingerprint density at radius 1 is 1.21 bits per heavy atom. The topological polar surface area (TPSA) is 94.6 Å². The van der Waals surface area contributed by atoms with Gasteiger partial charge in [-0.05, 0) is 0 Å². The van der Waals surface area contributed by atoms with Crippen LogP contribution in [0.5, 0.6) is 0 Å². The van der Waals surface area contributed by atoms with Crippen LogP contribution in [-0.4, -0.2) is 78.8 Å². The molecule has 1 N–H and O–H groups in total. The maximum atomic E-state index is 13.1. The monoisotopic (exact) mass is 613 g/mol. The van der Waals surface area contributed by atoms with Crippen LogP contribution in [0.4, 0.5) is 5.69 Å². The van der Waals surface area contributed by atoms with Crippen molar-refractivity contribution in [2.75, 3.05) is 17.7 Å². The number of rotatable bonds is 7. The fourth-order valence-corrected chi connectivity index (χ4v) is 11.1. The molecule has 0 bridgehead atoms. The number of fused-ring (bicyclic) bond motifs is 2. The molecule has 1 fully saturated rings. The van der Waals surface area contributed by atoms with Gasteiger partial charge in [0.05, 0.1) is 0 Å². The minimum absolute atomic E-state index is 0.0483. The third kappa shape index (κ3) is 4.34. The number of para-hydroxylation sites is 2. The van der Waals surface area contributed by atoms with Crippen molar-refractivity contribution in [1.29, 1.82) is 0 Å². The van der Waals surface area contributed by atoms with E-state index in [1.807, 2.05) is 42.5 Å². The van der Waals surface area contributed by atoms with Gasteiger partial charge in [0, 0.05) is 0 Å². The molecule has 7 nitrogen and oxygen atoms in total. The zero-order valence-corrected chi connectivity index (χ0v) is 22.3. The van der Waals surface area contributed by atoms with Crippen molar-refractivity contribution in [2.45, 2.75) is 21.7 Å². The van der Waals surface area contributed by atoms with Crippen molar-refractivity contribution in [3.63, 3.8) is 0 Å². The number of nitrogens with one attached hydrogen (secondary N) is 1. The average molecular weight is 611 g/mol. The number of cyclic esters (lactones) is 1. The molecule has 2 aliphatic rings. The zero-order valence-electron chi connectivity index (χ0n) is 17.2. The van der Waals surface area contributed by atoms with Crippen molar-refractivity contribution >= 4 is 94.1 Å². The summed E-state index contributed by atoms with van der Waals surface area (Å²) < 4.78 is 14.9. The number of ether oxygens (including phenoxy) is 2. The van der Waals surface area contributed by atoms with Crippen molar-refractivity contribution in [1.82, 2.24) is 4.98 Å². The number of aromatic nitrogens is 1. The van der Waals surface area contributed by atoms with Crippen molar-refractivity contribution < 1.29 is 23.9 Å². The fraction of sp³-hybridized carbons (Fsp3) is 0.227. The SMILES string of the molecule is CCOC(=O)C1(CSC2=[Se]c3ccccc3N2)OC(=O)C(=O)C1Sc1nc2ccccc2[se]1. The van der Waals surface area contributed by atoms with Gasteiger partial charge in [0.1, 0.15) is 0 Å². The summed E-state index contributed by atoms with van der Waals surface area (Å²) in [7, 11) is 0. The van der Waals surface area contributed by atoms with Gasteiger partial charge in [-0.15, -0.1) is 0 Å². The van der Waals surface area contributed by atoms with E-state index in [9.17, 15) is 14.4 Å². The van der Waals surface area contributed by atoms with Gasteiger partial charge in [-0.3, -0.25) is 0 Å². The number of Topliss-reactive ketones (excluding diaryl/α,β-unsaturated/α-hetero) is 1. The van der Waals surface area contributed by atoms with Crippen molar-refractivity contribution in [2.24, 2.45) is 0 Å². The number of hydrogen-bond donors (Lipinski definition) is 1. The Hall–Kier alpha value is -1.87. The molecule has 3 heterocycles. The van der Waals surface area contributed by atoms with E-state index in [1.165, 1.54) is 16.2 Å². The Kier molecular flexibility index (Phi) is 6.53. The average Bonchev–Trinajstić information content (AvgIpc) is 3.48. The molecule has 5 rings (SSSR count). The number of carbonyl (C=O) groups is 3. The summed E-state index contributed by atoms with van der Waals surface area (Å²) in [4.78, 5) is 43.1. The van der Waals surface area contributed by atoms with Crippen LogP contribution in [0.25, 0.3) is 9.78 Å². The molecule has 2 aliphatic heterocycles. The molecule has 1 saturated heterocycles. The number of benzene rings is 2. The number of esters is 2. The first kappa shape index (κ1) is 22.9. The summed E-state index contributed by atoms with van der Waals surface area (Å²) in [6.45, 7) is 1.81. The molecule has 33 heavy (non-hydrogen) atoms. The van der Waals surface area contributed by atoms with E-state index in [0.29, 0.717) is 0 Å². The molecule has 0 saturated carbocycles. The van der Waals surface area contributed by atoms with Crippen LogP contribution in [0.15, 0.2) is 52.4 Å². The molecule has 1 aromatic heterocycles. The standard InChI is InChI=1S/C22H17N2O5S2Se2/c1-2-28-19(27)22(11-30-20-23-12-7-3-5-9-14(12)32-20)17(16(25)18(26)29-22)31-21-24-13-8-4-6-10-15(13)33-21/h3-10,17,23H,2,11H2,1H3. The van der Waals surface area contributed by atoms with Gasteiger partial charge in [0.2, 0.25) is 0 Å². The second-order valence-electron chi connectivity index (χ2n) is 7.11. The minimum atomic E-state index is -1.70. The molecule has 169 valence electrons. The summed E-state index contributed by atoms with van der Waals surface area (Å²) in [5.74, 6) is -2.32. The van der Waals surface area contributed by atoms with Gasteiger partial charge >= 0.3 is 211 Å². The van der Waals surface area contributed by atoms with Gasteiger partial charge in [-0.25, -0.2) is 0 Å². The molecule has 2 atom stereocenters. The molecular weight excluding hydrogens is 594 g/mol. The van der Waals surface area contributed by atoms with Crippen LogP contribution in [-0.2, 0) is 23.9 Å². The van der Waals surface area contributed by atoms with Gasteiger partial charge in [0.15, 0.2) is 0 Å². The third-order valence-corrected chi connectivity index (χ3v) is 12.8. The third-order valence-electron chi connectivity index (χ3n) is 5.00. The molecule has 0 amide bonds. The summed E-state index contributed by atoms with van der Waals surface area (Å²) in [5.41, 5.74) is 0.197. The first-order chi connectivity index (χ1) is 16.0. The van der Waals surface area contributed by atoms with Crippen LogP contribution >= 0.6 is 23.5 Å². The van der Waals surface area contributed by atoms with Crippen molar-refractivity contribution in [3.8, 4) is 0 Å². The van der Waals surface area contributed by atoms with Crippen molar-refractivity contribution in [3.05, 3.63) is 48.5 Å². The van der Waals surface area contributed by atoms with Gasteiger partial charge in [0.25, 0.3) is 0 Å². The van der Waals surface area contributed by atoms with E-state index in [0.717, 1.165) is 35.0 Å². The number of ketones is 1. The molecule has 0 spiro atoms. The second-order valence-corrected chi connectivity index (χ2v) is 14.7. The normalized spacial score (nSPS) is 21.5. The van der Waals surface area contributed by atoms with Crippen LogP contribution in [0.1, 0.15) is 6.92 Å². The molecule has 11 heteroatoms. The Morgan fingerprint density at radius 2 is 2.00 bits per heavy atom.